The summed E-state index contributed by atoms with van der Waals surface area (Å²) in [6.07, 6.45) is 2.30. The molecule has 0 spiro atoms. The van der Waals surface area contributed by atoms with E-state index in [2.05, 4.69) is 0 Å². The molecule has 0 saturated heterocycles. The minimum absolute atomic E-state index is 0.210. The number of benzene rings is 2. The van der Waals surface area contributed by atoms with E-state index in [0.29, 0.717) is 28.4 Å². The van der Waals surface area contributed by atoms with Crippen molar-refractivity contribution in [2.24, 2.45) is 0 Å². The number of sulfone groups is 1. The van der Waals surface area contributed by atoms with Crippen LogP contribution in [-0.2, 0) is 19.4 Å². The molecule has 0 aliphatic carbocycles. The number of hydrogen-bond donors (Lipinski definition) is 0. The number of ether oxygens (including phenoxy) is 2. The van der Waals surface area contributed by atoms with Crippen molar-refractivity contribution in [1.29, 1.82) is 0 Å². The summed E-state index contributed by atoms with van der Waals surface area (Å²) < 4.78 is 35.1. The number of carbonyl (C=O) groups is 1. The van der Waals surface area contributed by atoms with Gasteiger partial charge in [0.2, 0.25) is 0 Å². The predicted octanol–water partition coefficient (Wildman–Crippen LogP) is 4.07. The Morgan fingerprint density at radius 1 is 1.19 bits per heavy atom. The molecule has 0 N–H and O–H groups in total. The van der Waals surface area contributed by atoms with Gasteiger partial charge in [0.25, 0.3) is 0 Å². The zero-order valence-electron chi connectivity index (χ0n) is 15.3. The maximum absolute atomic E-state index is 12.3. The van der Waals surface area contributed by atoms with Crippen LogP contribution in [0.2, 0.25) is 0 Å². The van der Waals surface area contributed by atoms with Gasteiger partial charge in [-0.05, 0) is 49.8 Å². The van der Waals surface area contributed by atoms with Gasteiger partial charge in [0, 0.05) is 16.7 Å². The second-order valence-electron chi connectivity index (χ2n) is 6.13. The molecule has 0 amide bonds. The van der Waals surface area contributed by atoms with Crippen LogP contribution in [0.25, 0.3) is 0 Å². The van der Waals surface area contributed by atoms with Gasteiger partial charge in [-0.3, -0.25) is 0 Å². The molecule has 27 heavy (non-hydrogen) atoms. The van der Waals surface area contributed by atoms with Crippen LogP contribution in [0.1, 0.15) is 24.2 Å². The molecule has 3 rings (SSSR count). The van der Waals surface area contributed by atoms with Crippen LogP contribution in [0.4, 0.5) is 0 Å². The van der Waals surface area contributed by atoms with Crippen molar-refractivity contribution in [3.05, 3.63) is 64.6 Å². The van der Waals surface area contributed by atoms with Crippen LogP contribution in [0.3, 0.4) is 0 Å². The molecule has 1 heterocycles. The third-order valence-electron chi connectivity index (χ3n) is 4.02. The van der Waals surface area contributed by atoms with Crippen LogP contribution in [-0.4, -0.2) is 27.2 Å². The monoisotopic (exact) mass is 404 g/mol. The molecule has 1 atom stereocenters. The van der Waals surface area contributed by atoms with E-state index in [1.54, 1.807) is 19.1 Å². The number of hydrogen-bond acceptors (Lipinski definition) is 6. The van der Waals surface area contributed by atoms with Gasteiger partial charge >= 0.3 is 5.97 Å². The fraction of sp³-hybridized carbons (Fsp3) is 0.250. The topological polar surface area (TPSA) is 69.7 Å². The van der Waals surface area contributed by atoms with Crippen molar-refractivity contribution >= 4 is 27.6 Å². The predicted molar refractivity (Wildman–Crippen MR) is 105 cm³/mol. The molecule has 0 radical (unpaired) electrons. The highest BCUT2D eigenvalue weighted by molar-refractivity contribution is 8.04. The summed E-state index contributed by atoms with van der Waals surface area (Å²) in [6.45, 7) is 3.90. The maximum Gasteiger partial charge on any atom is 0.345 e. The number of rotatable bonds is 6. The molecule has 1 aliphatic heterocycles. The average Bonchev–Trinajstić information content (AvgIpc) is 2.97. The van der Waals surface area contributed by atoms with Crippen LogP contribution in [0, 0.1) is 6.92 Å². The minimum atomic E-state index is -3.38. The first-order chi connectivity index (χ1) is 12.8. The molecule has 0 saturated carbocycles. The number of esters is 1. The average molecular weight is 405 g/mol. The number of carbonyl (C=O) groups excluding carboxylic acids is 1. The Morgan fingerprint density at radius 2 is 1.89 bits per heavy atom. The van der Waals surface area contributed by atoms with Crippen LogP contribution in [0.15, 0.2) is 63.2 Å². The van der Waals surface area contributed by atoms with E-state index in [-0.39, 0.29) is 4.90 Å². The molecular weight excluding hydrogens is 384 g/mol. The molecule has 1 unspecified atom stereocenters. The van der Waals surface area contributed by atoms with Gasteiger partial charge in [-0.15, -0.1) is 0 Å². The highest BCUT2D eigenvalue weighted by Gasteiger charge is 2.30. The summed E-state index contributed by atoms with van der Waals surface area (Å²) in [5.74, 6) is 0.00433. The first kappa shape index (κ1) is 19.5. The zero-order valence-corrected chi connectivity index (χ0v) is 16.9. The molecule has 7 heteroatoms. The lowest BCUT2D eigenvalue weighted by atomic mass is 10.1. The van der Waals surface area contributed by atoms with E-state index in [9.17, 15) is 13.2 Å². The quantitative estimate of drug-likeness (QED) is 0.676. The van der Waals surface area contributed by atoms with E-state index in [4.69, 9.17) is 9.47 Å². The summed E-state index contributed by atoms with van der Waals surface area (Å²) in [6, 6.07) is 12.8. The first-order valence-electron chi connectivity index (χ1n) is 8.42. The molecular formula is C20H20O5S2. The van der Waals surface area contributed by atoms with Crippen molar-refractivity contribution in [3.63, 3.8) is 0 Å². The highest BCUT2D eigenvalue weighted by Crippen LogP contribution is 2.41. The normalized spacial score (nSPS) is 16.8. The fourth-order valence-electron chi connectivity index (χ4n) is 2.85. The Hall–Kier alpha value is -2.25. The standard InChI is InChI=1S/C20H20O5S2/c1-4-24-16-12-19(27(3,22)23)13(2)10-15(16)17-11-18(20(21)25-17)26-14-8-6-5-7-9-14/h5-12,17H,4H2,1-3H3. The van der Waals surface area contributed by atoms with Gasteiger partial charge in [-0.25, -0.2) is 13.2 Å². The largest absolute Gasteiger partial charge is 0.493 e. The lowest BCUT2D eigenvalue weighted by Crippen LogP contribution is -2.08. The molecule has 0 aromatic heterocycles. The molecule has 2 aromatic rings. The molecule has 1 aliphatic rings. The van der Waals surface area contributed by atoms with E-state index >= 15 is 0 Å². The van der Waals surface area contributed by atoms with Gasteiger partial charge < -0.3 is 9.47 Å². The van der Waals surface area contributed by atoms with Crippen molar-refractivity contribution < 1.29 is 22.7 Å². The zero-order chi connectivity index (χ0) is 19.6. The van der Waals surface area contributed by atoms with Crippen molar-refractivity contribution in [2.75, 3.05) is 12.9 Å². The third-order valence-corrected chi connectivity index (χ3v) is 6.29. The van der Waals surface area contributed by atoms with Gasteiger partial charge in [0.1, 0.15) is 5.75 Å². The second kappa shape index (κ2) is 7.78. The van der Waals surface area contributed by atoms with Crippen molar-refractivity contribution in [2.45, 2.75) is 29.7 Å². The summed E-state index contributed by atoms with van der Waals surface area (Å²) in [5.41, 5.74) is 1.23. The van der Waals surface area contributed by atoms with E-state index in [0.717, 1.165) is 11.2 Å². The SMILES string of the molecule is CCOc1cc(S(C)(=O)=O)c(C)cc1C1C=C(Sc2ccccc2)C(=O)O1. The summed E-state index contributed by atoms with van der Waals surface area (Å²) in [5, 5.41) is 0. The van der Waals surface area contributed by atoms with Crippen molar-refractivity contribution in [1.82, 2.24) is 0 Å². The smallest absolute Gasteiger partial charge is 0.345 e. The number of cyclic esters (lactones) is 1. The van der Waals surface area contributed by atoms with Crippen LogP contribution in [0.5, 0.6) is 5.75 Å². The Labute approximate surface area is 163 Å². The summed E-state index contributed by atoms with van der Waals surface area (Å²) in [7, 11) is -3.38. The Balaban J connectivity index is 1.98. The maximum atomic E-state index is 12.3. The summed E-state index contributed by atoms with van der Waals surface area (Å²) in [4.78, 5) is 13.9. The molecule has 0 bridgehead atoms. The highest BCUT2D eigenvalue weighted by atomic mass is 32.2. The van der Waals surface area contributed by atoms with Gasteiger partial charge in [-0.1, -0.05) is 30.0 Å². The van der Waals surface area contributed by atoms with Gasteiger partial charge in [-0.2, -0.15) is 0 Å². The molecule has 5 nitrogen and oxygen atoms in total. The Morgan fingerprint density at radius 3 is 2.52 bits per heavy atom. The van der Waals surface area contributed by atoms with Crippen molar-refractivity contribution in [3.8, 4) is 5.75 Å². The second-order valence-corrected chi connectivity index (χ2v) is 9.23. The Kier molecular flexibility index (Phi) is 5.62. The molecule has 0 fully saturated rings. The lowest BCUT2D eigenvalue weighted by molar-refractivity contribution is -0.139. The van der Waals surface area contributed by atoms with Gasteiger partial charge in [0.05, 0.1) is 16.4 Å². The third kappa shape index (κ3) is 4.36. The van der Waals surface area contributed by atoms with Gasteiger partial charge in [0.15, 0.2) is 15.9 Å². The molecule has 142 valence electrons. The number of thioether (sulfide) groups is 1. The molecule has 2 aromatic carbocycles. The first-order valence-corrected chi connectivity index (χ1v) is 11.1. The van der Waals surface area contributed by atoms with Crippen LogP contribution < -0.4 is 4.74 Å². The lowest BCUT2D eigenvalue weighted by Gasteiger charge is -2.17. The van der Waals surface area contributed by atoms with E-state index < -0.39 is 21.9 Å². The van der Waals surface area contributed by atoms with E-state index in [1.807, 2.05) is 37.3 Å². The van der Waals surface area contributed by atoms with Crippen LogP contribution >= 0.6 is 11.8 Å². The van der Waals surface area contributed by atoms with E-state index in [1.165, 1.54) is 17.8 Å². The summed E-state index contributed by atoms with van der Waals surface area (Å²) >= 11 is 1.34. The Bertz CT molecular complexity index is 995. The minimum Gasteiger partial charge on any atom is -0.493 e. The fourth-order valence-corrected chi connectivity index (χ4v) is 4.69. The number of aryl methyl sites for hydroxylation is 1.